The Morgan fingerprint density at radius 3 is 2.61 bits per heavy atom. The molecule has 3 aromatic rings. The second-order valence-corrected chi connectivity index (χ2v) is 6.36. The van der Waals surface area contributed by atoms with E-state index in [0.29, 0.717) is 41.3 Å². The van der Waals surface area contributed by atoms with E-state index >= 15 is 0 Å². The molecule has 0 aliphatic rings. The normalized spacial score (nSPS) is 10.9. The van der Waals surface area contributed by atoms with E-state index in [1.807, 2.05) is 6.07 Å². The molecule has 0 saturated carbocycles. The number of benzene rings is 2. The van der Waals surface area contributed by atoms with Crippen molar-refractivity contribution in [1.29, 1.82) is 5.26 Å². The molecule has 0 atom stereocenters. The fraction of sp³-hybridized carbons (Fsp3) is 0.190. The van der Waals surface area contributed by atoms with Crippen LogP contribution in [0, 0.1) is 11.3 Å². The maximum absolute atomic E-state index is 12.6. The Labute approximate surface area is 176 Å². The lowest BCUT2D eigenvalue weighted by Gasteiger charge is -2.13. The molecule has 3 N–H and O–H groups in total. The van der Waals surface area contributed by atoms with E-state index < -0.39 is 6.36 Å². The number of aromatic nitrogens is 2. The van der Waals surface area contributed by atoms with Gasteiger partial charge in [-0.3, -0.25) is 0 Å². The number of nitrogens with zero attached hydrogens (tertiary/aromatic N) is 3. The largest absolute Gasteiger partial charge is 0.573 e. The number of hydrogen-bond donors (Lipinski definition) is 3. The smallest absolute Gasteiger partial charge is 0.406 e. The number of nitrogens with one attached hydrogen (secondary N) is 2. The predicted octanol–water partition coefficient (Wildman–Crippen LogP) is 4.45. The number of anilines is 3. The molecule has 7 nitrogen and oxygen atoms in total. The van der Waals surface area contributed by atoms with Crippen LogP contribution in [0.3, 0.4) is 0 Å². The van der Waals surface area contributed by atoms with Crippen LogP contribution in [0.25, 0.3) is 11.3 Å². The molecule has 1 heterocycles. The van der Waals surface area contributed by atoms with Crippen LogP contribution < -0.4 is 15.4 Å². The van der Waals surface area contributed by atoms with Crippen molar-refractivity contribution in [3.05, 3.63) is 60.2 Å². The highest BCUT2D eigenvalue weighted by molar-refractivity contribution is 5.68. The highest BCUT2D eigenvalue weighted by atomic mass is 19.4. The van der Waals surface area contributed by atoms with Gasteiger partial charge in [-0.1, -0.05) is 18.2 Å². The molecule has 1 aromatic heterocycles. The van der Waals surface area contributed by atoms with Crippen molar-refractivity contribution in [2.75, 3.05) is 23.8 Å². The molecule has 10 heteroatoms. The first-order valence-electron chi connectivity index (χ1n) is 9.23. The Hall–Kier alpha value is -3.84. The first-order valence-corrected chi connectivity index (χ1v) is 9.23. The van der Waals surface area contributed by atoms with Gasteiger partial charge in [0.2, 0.25) is 5.95 Å². The van der Waals surface area contributed by atoms with E-state index in [1.165, 1.54) is 18.2 Å². The number of hydrogen-bond acceptors (Lipinski definition) is 7. The van der Waals surface area contributed by atoms with E-state index in [2.05, 4.69) is 25.3 Å². The fourth-order valence-corrected chi connectivity index (χ4v) is 2.68. The van der Waals surface area contributed by atoms with E-state index in [1.54, 1.807) is 36.4 Å². The summed E-state index contributed by atoms with van der Waals surface area (Å²) in [7, 11) is 0. The van der Waals surface area contributed by atoms with Crippen LogP contribution in [0.2, 0.25) is 0 Å². The molecule has 3 rings (SSSR count). The molecule has 0 bridgehead atoms. The Morgan fingerprint density at radius 2 is 1.87 bits per heavy atom. The van der Waals surface area contributed by atoms with Gasteiger partial charge in [0, 0.05) is 30.5 Å². The number of aliphatic hydroxyl groups excluding tert-OH is 1. The zero-order chi connectivity index (χ0) is 22.3. The number of halogens is 3. The van der Waals surface area contributed by atoms with Crippen LogP contribution in [0.15, 0.2) is 54.6 Å². The summed E-state index contributed by atoms with van der Waals surface area (Å²) in [6.45, 7) is 0.385. The minimum atomic E-state index is -4.81. The maximum atomic E-state index is 12.6. The summed E-state index contributed by atoms with van der Waals surface area (Å²) in [5.41, 5.74) is 1.81. The van der Waals surface area contributed by atoms with Crippen LogP contribution in [0.5, 0.6) is 5.75 Å². The minimum absolute atomic E-state index is 0.0183. The molecule has 0 unspecified atom stereocenters. The van der Waals surface area contributed by atoms with Gasteiger partial charge in [-0.2, -0.15) is 10.2 Å². The first-order chi connectivity index (χ1) is 14.9. The van der Waals surface area contributed by atoms with Crippen molar-refractivity contribution in [3.8, 4) is 23.1 Å². The maximum Gasteiger partial charge on any atom is 0.573 e. The van der Waals surface area contributed by atoms with Crippen molar-refractivity contribution < 1.29 is 23.0 Å². The summed E-state index contributed by atoms with van der Waals surface area (Å²) in [5.74, 6) is 0.232. The zero-order valence-corrected chi connectivity index (χ0v) is 16.1. The van der Waals surface area contributed by atoms with Gasteiger partial charge in [0.25, 0.3) is 0 Å². The van der Waals surface area contributed by atoms with Gasteiger partial charge in [-0.25, -0.2) is 4.98 Å². The molecular formula is C21H18F3N5O2. The molecule has 160 valence electrons. The molecule has 0 fully saturated rings. The summed E-state index contributed by atoms with van der Waals surface area (Å²) >= 11 is 0. The van der Waals surface area contributed by atoms with E-state index in [9.17, 15) is 13.2 Å². The molecule has 0 amide bonds. The van der Waals surface area contributed by atoms with Crippen molar-refractivity contribution in [1.82, 2.24) is 9.97 Å². The van der Waals surface area contributed by atoms with Crippen molar-refractivity contribution in [2.24, 2.45) is 0 Å². The first kappa shape index (κ1) is 21.9. The molecule has 0 aliphatic carbocycles. The highest BCUT2D eigenvalue weighted by Gasteiger charge is 2.31. The van der Waals surface area contributed by atoms with Gasteiger partial charge in [-0.15, -0.1) is 13.2 Å². The zero-order valence-electron chi connectivity index (χ0n) is 16.1. The lowest BCUT2D eigenvalue weighted by Crippen LogP contribution is -2.17. The Bertz CT molecular complexity index is 1080. The molecule has 0 aliphatic heterocycles. The third-order valence-electron chi connectivity index (χ3n) is 3.97. The summed E-state index contributed by atoms with van der Waals surface area (Å²) < 4.78 is 41.7. The third-order valence-corrected chi connectivity index (χ3v) is 3.97. The Balaban J connectivity index is 1.95. The van der Waals surface area contributed by atoms with Gasteiger partial charge in [-0.05, 0) is 36.8 Å². The molecular weight excluding hydrogens is 411 g/mol. The van der Waals surface area contributed by atoms with Crippen LogP contribution >= 0.6 is 0 Å². The van der Waals surface area contributed by atoms with Crippen LogP contribution in [0.4, 0.5) is 30.6 Å². The quantitative estimate of drug-likeness (QED) is 0.455. The lowest BCUT2D eigenvalue weighted by atomic mass is 10.1. The average molecular weight is 429 g/mol. The summed E-state index contributed by atoms with van der Waals surface area (Å²) in [6, 6.07) is 15.8. The number of ether oxygens (including phenoxy) is 1. The van der Waals surface area contributed by atoms with Crippen molar-refractivity contribution in [3.63, 3.8) is 0 Å². The third kappa shape index (κ3) is 6.58. The second-order valence-electron chi connectivity index (χ2n) is 6.36. The van der Waals surface area contributed by atoms with E-state index in [-0.39, 0.29) is 18.3 Å². The van der Waals surface area contributed by atoms with Gasteiger partial charge in [0.05, 0.1) is 17.3 Å². The van der Waals surface area contributed by atoms with Gasteiger partial charge in [0.15, 0.2) is 0 Å². The van der Waals surface area contributed by atoms with Crippen LogP contribution in [-0.4, -0.2) is 34.6 Å². The molecule has 0 saturated heterocycles. The Morgan fingerprint density at radius 1 is 1.06 bits per heavy atom. The lowest BCUT2D eigenvalue weighted by molar-refractivity contribution is -0.274. The monoisotopic (exact) mass is 429 g/mol. The number of alkyl halides is 3. The summed E-state index contributed by atoms with van der Waals surface area (Å²) in [6.07, 6.45) is -4.34. The summed E-state index contributed by atoms with van der Waals surface area (Å²) in [4.78, 5) is 8.71. The predicted molar refractivity (Wildman–Crippen MR) is 109 cm³/mol. The van der Waals surface area contributed by atoms with Gasteiger partial charge >= 0.3 is 6.36 Å². The number of rotatable bonds is 8. The fourth-order valence-electron chi connectivity index (χ4n) is 2.68. The van der Waals surface area contributed by atoms with Crippen LogP contribution in [0.1, 0.15) is 12.0 Å². The number of aliphatic hydroxyl groups is 1. The molecule has 31 heavy (non-hydrogen) atoms. The van der Waals surface area contributed by atoms with Crippen molar-refractivity contribution >= 4 is 17.5 Å². The standard InChI is InChI=1S/C21H18F3N5O2/c22-21(23,24)31-17-7-2-5-15(11-17)18-12-19(29-20(28-18)26-8-3-9-30)27-16-6-1-4-14(10-16)13-25/h1-2,4-7,10-12,30H,3,8-9H2,(H2,26,27,28,29). The van der Waals surface area contributed by atoms with Crippen molar-refractivity contribution in [2.45, 2.75) is 12.8 Å². The van der Waals surface area contributed by atoms with E-state index in [4.69, 9.17) is 10.4 Å². The Kier molecular flexibility index (Phi) is 6.89. The second kappa shape index (κ2) is 9.77. The van der Waals surface area contributed by atoms with E-state index in [0.717, 1.165) is 0 Å². The number of nitriles is 1. The molecule has 2 aromatic carbocycles. The molecule has 0 spiro atoms. The highest BCUT2D eigenvalue weighted by Crippen LogP contribution is 2.29. The summed E-state index contributed by atoms with van der Waals surface area (Å²) in [5, 5.41) is 24.1. The van der Waals surface area contributed by atoms with Gasteiger partial charge in [0.1, 0.15) is 11.6 Å². The SMILES string of the molecule is N#Cc1cccc(Nc2cc(-c3cccc(OC(F)(F)F)c3)nc(NCCCO)n2)c1. The van der Waals surface area contributed by atoms with Gasteiger partial charge < -0.3 is 20.5 Å². The van der Waals surface area contributed by atoms with Crippen LogP contribution in [-0.2, 0) is 0 Å². The molecule has 0 radical (unpaired) electrons. The average Bonchev–Trinajstić information content (AvgIpc) is 2.73. The topological polar surface area (TPSA) is 103 Å². The minimum Gasteiger partial charge on any atom is -0.406 e.